The van der Waals surface area contributed by atoms with E-state index in [9.17, 15) is 15.0 Å². The van der Waals surface area contributed by atoms with Crippen LogP contribution in [0.3, 0.4) is 0 Å². The molecule has 18 heavy (non-hydrogen) atoms. The first kappa shape index (κ1) is 13.6. The zero-order valence-electron chi connectivity index (χ0n) is 9.76. The van der Waals surface area contributed by atoms with Crippen molar-refractivity contribution in [3.05, 3.63) is 28.6 Å². The second kappa shape index (κ2) is 5.41. The van der Waals surface area contributed by atoms with Crippen LogP contribution in [0.5, 0.6) is 0 Å². The van der Waals surface area contributed by atoms with Gasteiger partial charge in [-0.3, -0.25) is 4.79 Å². The van der Waals surface area contributed by atoms with Gasteiger partial charge in [0.15, 0.2) is 11.7 Å². The van der Waals surface area contributed by atoms with Crippen LogP contribution in [0.1, 0.15) is 6.23 Å². The van der Waals surface area contributed by atoms with Gasteiger partial charge in [-0.2, -0.15) is 0 Å². The van der Waals surface area contributed by atoms with Crippen molar-refractivity contribution in [1.29, 1.82) is 0 Å². The highest BCUT2D eigenvalue weighted by molar-refractivity contribution is 7.98. The third-order valence-corrected chi connectivity index (χ3v) is 3.67. The van der Waals surface area contributed by atoms with E-state index in [0.717, 1.165) is 0 Å². The summed E-state index contributed by atoms with van der Waals surface area (Å²) >= 11 is 1.34. The second-order valence-corrected chi connectivity index (χ2v) is 4.87. The Bertz CT molecular complexity index is 477. The monoisotopic (exact) mass is 273 g/mol. The molecule has 7 heteroatoms. The quantitative estimate of drug-likeness (QED) is 0.623. The smallest absolute Gasteiger partial charge is 0.182 e. The van der Waals surface area contributed by atoms with Gasteiger partial charge in [-0.15, -0.1) is 11.8 Å². The predicted molar refractivity (Wildman–Crippen MR) is 65.5 cm³/mol. The number of rotatable bonds is 3. The zero-order valence-corrected chi connectivity index (χ0v) is 10.6. The van der Waals surface area contributed by atoms with Crippen LogP contribution in [0, 0.1) is 0 Å². The molecule has 0 saturated carbocycles. The fraction of sp³-hybridized carbons (Fsp3) is 0.545. The second-order valence-electron chi connectivity index (χ2n) is 4.04. The van der Waals surface area contributed by atoms with Gasteiger partial charge in [0.2, 0.25) is 0 Å². The number of aromatic nitrogens is 1. The molecule has 0 aliphatic carbocycles. The van der Waals surface area contributed by atoms with E-state index in [0.29, 0.717) is 5.03 Å². The topological polar surface area (TPSA) is 91.9 Å². The number of thioether (sulfide) groups is 1. The van der Waals surface area contributed by atoms with Crippen molar-refractivity contribution in [2.75, 3.05) is 12.9 Å². The van der Waals surface area contributed by atoms with E-state index in [-0.39, 0.29) is 12.0 Å². The van der Waals surface area contributed by atoms with Gasteiger partial charge < -0.3 is 24.6 Å². The predicted octanol–water partition coefficient (Wildman–Crippen LogP) is -0.818. The molecule has 0 amide bonds. The summed E-state index contributed by atoms with van der Waals surface area (Å²) in [6.07, 6.45) is -0.606. The lowest BCUT2D eigenvalue weighted by atomic mass is 10.1. The minimum atomic E-state index is -1.14. The number of pyridine rings is 1. The number of aliphatic hydroxyl groups is 3. The number of ether oxygens (including phenoxy) is 1. The molecular formula is C11H15NO5S. The molecule has 1 fully saturated rings. The third-order valence-electron chi connectivity index (χ3n) is 2.92. The van der Waals surface area contributed by atoms with Crippen LogP contribution in [0.2, 0.25) is 0 Å². The normalized spacial score (nSPS) is 31.8. The van der Waals surface area contributed by atoms with Crippen molar-refractivity contribution >= 4 is 11.8 Å². The Morgan fingerprint density at radius 1 is 1.44 bits per heavy atom. The van der Waals surface area contributed by atoms with Gasteiger partial charge in [-0.05, 0) is 6.26 Å². The summed E-state index contributed by atoms with van der Waals surface area (Å²) < 4.78 is 6.98. The Morgan fingerprint density at radius 3 is 2.72 bits per heavy atom. The molecule has 3 N–H and O–H groups in total. The van der Waals surface area contributed by atoms with Crippen LogP contribution in [-0.4, -0.2) is 51.1 Å². The number of aliphatic hydroxyl groups excluding tert-OH is 3. The maximum absolute atomic E-state index is 11.3. The minimum Gasteiger partial charge on any atom is -0.394 e. The molecule has 4 atom stereocenters. The molecule has 0 spiro atoms. The molecule has 1 aliphatic heterocycles. The van der Waals surface area contributed by atoms with Gasteiger partial charge in [-0.25, -0.2) is 0 Å². The van der Waals surface area contributed by atoms with E-state index in [1.807, 2.05) is 0 Å². The first-order chi connectivity index (χ1) is 8.58. The molecular weight excluding hydrogens is 258 g/mol. The largest absolute Gasteiger partial charge is 0.394 e. The van der Waals surface area contributed by atoms with Crippen molar-refractivity contribution in [2.24, 2.45) is 0 Å². The summed E-state index contributed by atoms with van der Waals surface area (Å²) in [5.74, 6) is 0. The number of hydrogen-bond acceptors (Lipinski definition) is 6. The molecule has 1 aliphatic rings. The molecule has 100 valence electrons. The molecule has 0 radical (unpaired) electrons. The maximum atomic E-state index is 11.3. The Balaban J connectivity index is 2.35. The van der Waals surface area contributed by atoms with E-state index >= 15 is 0 Å². The summed E-state index contributed by atoms with van der Waals surface area (Å²) in [7, 11) is 0. The third kappa shape index (κ3) is 2.32. The Morgan fingerprint density at radius 2 is 2.17 bits per heavy atom. The van der Waals surface area contributed by atoms with Crippen molar-refractivity contribution < 1.29 is 20.1 Å². The van der Waals surface area contributed by atoms with E-state index in [1.54, 1.807) is 10.8 Å². The fourth-order valence-electron chi connectivity index (χ4n) is 1.96. The van der Waals surface area contributed by atoms with Crippen LogP contribution >= 0.6 is 11.8 Å². The van der Waals surface area contributed by atoms with E-state index in [4.69, 9.17) is 9.84 Å². The lowest BCUT2D eigenvalue weighted by Crippen LogP contribution is -2.33. The highest BCUT2D eigenvalue weighted by atomic mass is 32.2. The molecule has 1 saturated heterocycles. The first-order valence-corrected chi connectivity index (χ1v) is 6.69. The average Bonchev–Trinajstić information content (AvgIpc) is 2.66. The SMILES string of the molecule is CSc1cc(=O)ccn1[C@H]1OC(CO)[C@@H](O)[C@H]1O. The highest BCUT2D eigenvalue weighted by Gasteiger charge is 2.43. The van der Waals surface area contributed by atoms with Crippen molar-refractivity contribution in [3.63, 3.8) is 0 Å². The number of hydrogen-bond donors (Lipinski definition) is 3. The first-order valence-electron chi connectivity index (χ1n) is 5.47. The van der Waals surface area contributed by atoms with Crippen LogP contribution in [0.15, 0.2) is 28.2 Å². The van der Waals surface area contributed by atoms with E-state index in [2.05, 4.69) is 0 Å². The Labute approximate surface area is 108 Å². The molecule has 6 nitrogen and oxygen atoms in total. The molecule has 1 aromatic heterocycles. The van der Waals surface area contributed by atoms with Crippen LogP contribution in [-0.2, 0) is 4.74 Å². The standard InChI is InChI=1S/C11H15NO5S/c1-18-8-4-6(14)2-3-12(8)11-10(16)9(15)7(5-13)17-11/h2-4,7,9-11,13,15-16H,5H2,1H3/t7?,9-,10-,11+/m1/s1. The summed E-state index contributed by atoms with van der Waals surface area (Å²) in [5.41, 5.74) is -0.137. The van der Waals surface area contributed by atoms with Gasteiger partial charge in [0.1, 0.15) is 18.3 Å². The maximum Gasteiger partial charge on any atom is 0.182 e. The Kier molecular flexibility index (Phi) is 4.08. The van der Waals surface area contributed by atoms with Gasteiger partial charge in [0.05, 0.1) is 11.6 Å². The fourth-order valence-corrected chi connectivity index (χ4v) is 2.57. The van der Waals surface area contributed by atoms with Crippen molar-refractivity contribution in [3.8, 4) is 0 Å². The molecule has 2 rings (SSSR count). The zero-order chi connectivity index (χ0) is 13.3. The summed E-state index contributed by atoms with van der Waals surface area (Å²) in [6.45, 7) is -0.372. The number of nitrogens with zero attached hydrogens (tertiary/aromatic N) is 1. The summed E-state index contributed by atoms with van der Waals surface area (Å²) in [6, 6.07) is 2.79. The van der Waals surface area contributed by atoms with Crippen molar-refractivity contribution in [1.82, 2.24) is 4.57 Å². The van der Waals surface area contributed by atoms with Crippen LogP contribution in [0.25, 0.3) is 0 Å². The van der Waals surface area contributed by atoms with Gasteiger partial charge in [0, 0.05) is 18.3 Å². The van der Waals surface area contributed by atoms with Crippen molar-refractivity contribution in [2.45, 2.75) is 29.6 Å². The molecule has 0 aromatic carbocycles. The lowest BCUT2D eigenvalue weighted by Gasteiger charge is -2.21. The van der Waals surface area contributed by atoms with Gasteiger partial charge in [0.25, 0.3) is 0 Å². The average molecular weight is 273 g/mol. The lowest BCUT2D eigenvalue weighted by molar-refractivity contribution is -0.0567. The molecule has 2 heterocycles. The summed E-state index contributed by atoms with van der Waals surface area (Å²) in [4.78, 5) is 11.3. The van der Waals surface area contributed by atoms with E-state index in [1.165, 1.54) is 30.1 Å². The highest BCUT2D eigenvalue weighted by Crippen LogP contribution is 2.31. The van der Waals surface area contributed by atoms with Crippen LogP contribution < -0.4 is 5.43 Å². The molecule has 1 unspecified atom stereocenters. The minimum absolute atomic E-state index is 0.137. The Hall–Kier alpha value is -0.860. The molecule has 1 aromatic rings. The summed E-state index contributed by atoms with van der Waals surface area (Å²) in [5, 5.41) is 29.2. The van der Waals surface area contributed by atoms with Crippen LogP contribution in [0.4, 0.5) is 0 Å². The molecule has 0 bridgehead atoms. The van der Waals surface area contributed by atoms with E-state index < -0.39 is 24.5 Å². The van der Waals surface area contributed by atoms with Gasteiger partial charge >= 0.3 is 0 Å². The van der Waals surface area contributed by atoms with Gasteiger partial charge in [-0.1, -0.05) is 0 Å².